The molecular formula is C9H13N3O5S. The van der Waals surface area contributed by atoms with E-state index in [0.29, 0.717) is 25.9 Å². The van der Waals surface area contributed by atoms with Crippen molar-refractivity contribution in [3.63, 3.8) is 0 Å². The Hall–Kier alpha value is -1.87. The van der Waals surface area contributed by atoms with Crippen LogP contribution in [0.2, 0.25) is 0 Å². The molecule has 0 atom stereocenters. The molecule has 0 aliphatic carbocycles. The fourth-order valence-corrected chi connectivity index (χ4v) is 1.60. The highest BCUT2D eigenvalue weighted by atomic mass is 32.2. The Morgan fingerprint density at radius 3 is 2.67 bits per heavy atom. The summed E-state index contributed by atoms with van der Waals surface area (Å²) < 4.78 is 26.6. The summed E-state index contributed by atoms with van der Waals surface area (Å²) in [6.45, 7) is 0.759. The minimum absolute atomic E-state index is 0.137. The maximum atomic E-state index is 11.5. The third-order valence-corrected chi connectivity index (χ3v) is 2.73. The number of sulfonamides is 1. The molecule has 1 rings (SSSR count). The van der Waals surface area contributed by atoms with Gasteiger partial charge in [-0.05, 0) is 18.6 Å². The summed E-state index contributed by atoms with van der Waals surface area (Å²) in [6.07, 6.45) is 1.11. The van der Waals surface area contributed by atoms with Crippen molar-refractivity contribution in [2.75, 3.05) is 13.1 Å². The Kier molecular flexibility index (Phi) is 4.86. The first kappa shape index (κ1) is 14.2. The van der Waals surface area contributed by atoms with Gasteiger partial charge in [0, 0.05) is 13.1 Å². The van der Waals surface area contributed by atoms with E-state index in [9.17, 15) is 18.0 Å². The fourth-order valence-electron chi connectivity index (χ4n) is 1.13. The van der Waals surface area contributed by atoms with Gasteiger partial charge in [0.25, 0.3) is 15.9 Å². The van der Waals surface area contributed by atoms with E-state index in [1.807, 2.05) is 0 Å². The zero-order valence-corrected chi connectivity index (χ0v) is 10.2. The van der Waals surface area contributed by atoms with Crippen molar-refractivity contribution in [2.45, 2.75) is 11.5 Å². The molecule has 9 heteroatoms. The quantitative estimate of drug-likeness (QED) is 0.424. The molecule has 8 nitrogen and oxygen atoms in total. The first-order chi connectivity index (χ1) is 8.45. The van der Waals surface area contributed by atoms with Gasteiger partial charge in [-0.1, -0.05) is 0 Å². The lowest BCUT2D eigenvalue weighted by Crippen LogP contribution is -2.26. The summed E-state index contributed by atoms with van der Waals surface area (Å²) in [7, 11) is -3.94. The minimum atomic E-state index is -3.94. The van der Waals surface area contributed by atoms with E-state index in [4.69, 9.17) is 9.56 Å². The second-order valence-corrected chi connectivity index (χ2v) is 4.84. The predicted octanol–water partition coefficient (Wildman–Crippen LogP) is -1.21. The molecule has 0 aliphatic heterocycles. The van der Waals surface area contributed by atoms with Gasteiger partial charge < -0.3 is 15.1 Å². The number of carbonyl (C=O) groups is 2. The SMILES string of the molecule is NS(=O)(=O)c1ccc(C(=O)NCCCNC=O)o1. The number of hydrogen-bond acceptors (Lipinski definition) is 5. The fraction of sp³-hybridized carbons (Fsp3) is 0.333. The van der Waals surface area contributed by atoms with Crippen LogP contribution in [0.25, 0.3) is 0 Å². The second kappa shape index (κ2) is 6.17. The van der Waals surface area contributed by atoms with Gasteiger partial charge in [0.15, 0.2) is 5.76 Å². The highest BCUT2D eigenvalue weighted by Crippen LogP contribution is 2.11. The van der Waals surface area contributed by atoms with Gasteiger partial charge in [0.05, 0.1) is 0 Å². The van der Waals surface area contributed by atoms with Gasteiger partial charge in [-0.15, -0.1) is 0 Å². The minimum Gasteiger partial charge on any atom is -0.438 e. The van der Waals surface area contributed by atoms with Gasteiger partial charge in [0.2, 0.25) is 11.5 Å². The lowest BCUT2D eigenvalue weighted by Gasteiger charge is -2.02. The maximum Gasteiger partial charge on any atom is 0.287 e. The normalized spacial score (nSPS) is 10.9. The summed E-state index contributed by atoms with van der Waals surface area (Å²) in [5.41, 5.74) is 0. The van der Waals surface area contributed by atoms with Crippen molar-refractivity contribution in [3.8, 4) is 0 Å². The Balaban J connectivity index is 2.47. The number of hydrogen-bond donors (Lipinski definition) is 3. The molecule has 1 heterocycles. The van der Waals surface area contributed by atoms with Crippen LogP contribution in [0.15, 0.2) is 21.6 Å². The summed E-state index contributed by atoms with van der Waals surface area (Å²) in [4.78, 5) is 21.4. The summed E-state index contributed by atoms with van der Waals surface area (Å²) in [5, 5.41) is 9.30. The molecule has 2 amide bonds. The van der Waals surface area contributed by atoms with Gasteiger partial charge in [-0.3, -0.25) is 9.59 Å². The maximum absolute atomic E-state index is 11.5. The molecule has 18 heavy (non-hydrogen) atoms. The van der Waals surface area contributed by atoms with Crippen LogP contribution in [0.1, 0.15) is 17.0 Å². The largest absolute Gasteiger partial charge is 0.438 e. The zero-order chi connectivity index (χ0) is 13.6. The lowest BCUT2D eigenvalue weighted by molar-refractivity contribution is -0.109. The van der Waals surface area contributed by atoms with Crippen LogP contribution >= 0.6 is 0 Å². The van der Waals surface area contributed by atoms with E-state index in [-0.39, 0.29) is 5.76 Å². The molecular weight excluding hydrogens is 262 g/mol. The van der Waals surface area contributed by atoms with Crippen molar-refractivity contribution >= 4 is 22.3 Å². The molecule has 0 saturated heterocycles. The number of nitrogens with one attached hydrogen (secondary N) is 2. The molecule has 0 fully saturated rings. The molecule has 0 unspecified atom stereocenters. The van der Waals surface area contributed by atoms with Crippen LogP contribution in [0, 0.1) is 0 Å². The number of primary sulfonamides is 1. The number of carbonyl (C=O) groups excluding carboxylic acids is 2. The van der Waals surface area contributed by atoms with Crippen molar-refractivity contribution in [2.24, 2.45) is 5.14 Å². The van der Waals surface area contributed by atoms with E-state index in [0.717, 1.165) is 6.07 Å². The molecule has 4 N–H and O–H groups in total. The Morgan fingerprint density at radius 1 is 1.39 bits per heavy atom. The third-order valence-electron chi connectivity index (χ3n) is 1.95. The van der Waals surface area contributed by atoms with Crippen LogP contribution in [0.4, 0.5) is 0 Å². The Bertz CT molecular complexity index is 522. The topological polar surface area (TPSA) is 132 Å². The van der Waals surface area contributed by atoms with Crippen LogP contribution in [-0.4, -0.2) is 33.8 Å². The van der Waals surface area contributed by atoms with E-state index in [1.165, 1.54) is 6.07 Å². The second-order valence-electron chi connectivity index (χ2n) is 3.35. The van der Waals surface area contributed by atoms with Crippen molar-refractivity contribution in [1.29, 1.82) is 0 Å². The van der Waals surface area contributed by atoms with Crippen molar-refractivity contribution < 1.29 is 22.4 Å². The van der Waals surface area contributed by atoms with Gasteiger partial charge in [-0.2, -0.15) is 0 Å². The molecule has 0 bridgehead atoms. The van der Waals surface area contributed by atoms with Crippen LogP contribution in [0.3, 0.4) is 0 Å². The van der Waals surface area contributed by atoms with Gasteiger partial charge in [-0.25, -0.2) is 13.6 Å². The Labute approximate surface area is 104 Å². The predicted molar refractivity (Wildman–Crippen MR) is 61.1 cm³/mol. The van der Waals surface area contributed by atoms with E-state index in [1.54, 1.807) is 0 Å². The summed E-state index contributed by atoms with van der Waals surface area (Å²) >= 11 is 0. The number of rotatable bonds is 7. The highest BCUT2D eigenvalue weighted by molar-refractivity contribution is 7.89. The Morgan fingerprint density at radius 2 is 2.11 bits per heavy atom. The zero-order valence-electron chi connectivity index (χ0n) is 9.38. The third kappa shape index (κ3) is 4.18. The van der Waals surface area contributed by atoms with E-state index < -0.39 is 21.0 Å². The summed E-state index contributed by atoms with van der Waals surface area (Å²) in [5.74, 6) is -0.682. The molecule has 1 aromatic heterocycles. The molecule has 1 aromatic rings. The monoisotopic (exact) mass is 275 g/mol. The molecule has 0 saturated carbocycles. The molecule has 0 aromatic carbocycles. The van der Waals surface area contributed by atoms with Crippen LogP contribution in [0.5, 0.6) is 0 Å². The molecule has 0 aliphatic rings. The summed E-state index contributed by atoms with van der Waals surface area (Å²) in [6, 6.07) is 2.33. The molecule has 100 valence electrons. The van der Waals surface area contributed by atoms with E-state index in [2.05, 4.69) is 10.6 Å². The number of furan rings is 1. The van der Waals surface area contributed by atoms with Crippen molar-refractivity contribution in [1.82, 2.24) is 10.6 Å². The highest BCUT2D eigenvalue weighted by Gasteiger charge is 2.16. The molecule has 0 spiro atoms. The van der Waals surface area contributed by atoms with Crippen molar-refractivity contribution in [3.05, 3.63) is 17.9 Å². The van der Waals surface area contributed by atoms with Gasteiger partial charge in [0.1, 0.15) is 0 Å². The average Bonchev–Trinajstić information content (AvgIpc) is 2.77. The van der Waals surface area contributed by atoms with Crippen LogP contribution in [-0.2, 0) is 14.8 Å². The number of nitrogens with two attached hydrogens (primary N) is 1. The van der Waals surface area contributed by atoms with Gasteiger partial charge >= 0.3 is 0 Å². The smallest absolute Gasteiger partial charge is 0.287 e. The standard InChI is InChI=1S/C9H13N3O5S/c10-18(15,16)8-3-2-7(17-8)9(14)12-5-1-4-11-6-13/h2-3,6H,1,4-5H2,(H,11,13)(H,12,14)(H2,10,15,16). The van der Waals surface area contributed by atoms with E-state index >= 15 is 0 Å². The number of amides is 2. The first-order valence-corrected chi connectivity index (χ1v) is 6.57. The first-order valence-electron chi connectivity index (χ1n) is 5.03. The lowest BCUT2D eigenvalue weighted by atomic mass is 10.4. The molecule has 0 radical (unpaired) electrons. The average molecular weight is 275 g/mol. The van der Waals surface area contributed by atoms with Crippen LogP contribution < -0.4 is 15.8 Å².